The molecule has 0 saturated carbocycles. The van der Waals surface area contributed by atoms with E-state index in [-0.39, 0.29) is 6.54 Å². The number of aliphatic imine (C=N–C) groups is 2. The summed E-state index contributed by atoms with van der Waals surface area (Å²) in [6, 6.07) is 0. The van der Waals surface area contributed by atoms with Crippen LogP contribution in [0.1, 0.15) is 13.8 Å². The van der Waals surface area contributed by atoms with Crippen LogP contribution in [0.5, 0.6) is 0 Å². The van der Waals surface area contributed by atoms with E-state index in [1.165, 1.54) is 0 Å². The third kappa shape index (κ3) is 3.01. The molecule has 0 aromatic carbocycles. The maximum Gasteiger partial charge on any atom is 0.239 e. The van der Waals surface area contributed by atoms with Gasteiger partial charge in [0.05, 0.1) is 6.34 Å². The molecule has 0 radical (unpaired) electrons. The zero-order valence-electron chi connectivity index (χ0n) is 8.40. The predicted octanol–water partition coefficient (Wildman–Crippen LogP) is 0.138. The number of hydrogen-bond acceptors (Lipinski definition) is 3. The molecule has 1 heterocycles. The van der Waals surface area contributed by atoms with Gasteiger partial charge in [0.15, 0.2) is 0 Å². The number of nitrogens with two attached hydrogens (primary N) is 1. The van der Waals surface area contributed by atoms with Crippen molar-refractivity contribution in [2.45, 2.75) is 13.8 Å². The SMILES string of the molecule is CC1=CC(C)=NCN1C=NCC(N)=O. The van der Waals surface area contributed by atoms with Crippen molar-refractivity contribution in [3.8, 4) is 0 Å². The molecule has 76 valence electrons. The summed E-state index contributed by atoms with van der Waals surface area (Å²) < 4.78 is 0. The highest BCUT2D eigenvalue weighted by Gasteiger charge is 2.06. The third-order valence-corrected chi connectivity index (χ3v) is 1.81. The van der Waals surface area contributed by atoms with E-state index in [0.29, 0.717) is 6.67 Å². The Bertz CT molecular complexity index is 317. The van der Waals surface area contributed by atoms with Gasteiger partial charge in [-0.3, -0.25) is 14.8 Å². The predicted molar refractivity (Wildman–Crippen MR) is 56.1 cm³/mol. The Hall–Kier alpha value is -1.65. The number of carbonyl (C=O) groups is 1. The monoisotopic (exact) mass is 194 g/mol. The zero-order valence-corrected chi connectivity index (χ0v) is 8.40. The van der Waals surface area contributed by atoms with Crippen LogP contribution in [0.25, 0.3) is 0 Å². The second kappa shape index (κ2) is 4.55. The van der Waals surface area contributed by atoms with Crippen molar-refractivity contribution in [3.63, 3.8) is 0 Å². The molecule has 0 atom stereocenters. The molecule has 1 rings (SSSR count). The van der Waals surface area contributed by atoms with E-state index in [0.717, 1.165) is 11.4 Å². The fourth-order valence-corrected chi connectivity index (χ4v) is 1.09. The highest BCUT2D eigenvalue weighted by Crippen LogP contribution is 2.06. The maximum atomic E-state index is 10.4. The molecule has 5 nitrogen and oxygen atoms in total. The van der Waals surface area contributed by atoms with Crippen LogP contribution < -0.4 is 5.73 Å². The van der Waals surface area contributed by atoms with Crippen molar-refractivity contribution in [1.82, 2.24) is 4.90 Å². The molecule has 0 bridgehead atoms. The molecule has 1 aliphatic heterocycles. The van der Waals surface area contributed by atoms with Crippen LogP contribution in [0.4, 0.5) is 0 Å². The number of amides is 1. The van der Waals surface area contributed by atoms with Gasteiger partial charge in [0.1, 0.15) is 13.2 Å². The van der Waals surface area contributed by atoms with E-state index >= 15 is 0 Å². The largest absolute Gasteiger partial charge is 0.368 e. The van der Waals surface area contributed by atoms with Crippen LogP contribution >= 0.6 is 0 Å². The summed E-state index contributed by atoms with van der Waals surface area (Å²) in [6.45, 7) is 4.48. The summed E-state index contributed by atoms with van der Waals surface area (Å²) in [6.07, 6.45) is 3.55. The Balaban J connectivity index is 2.52. The quantitative estimate of drug-likeness (QED) is 0.512. The van der Waals surface area contributed by atoms with Gasteiger partial charge in [-0.25, -0.2) is 0 Å². The lowest BCUT2D eigenvalue weighted by Crippen LogP contribution is -2.25. The first-order valence-corrected chi connectivity index (χ1v) is 4.34. The Morgan fingerprint density at radius 2 is 2.50 bits per heavy atom. The lowest BCUT2D eigenvalue weighted by molar-refractivity contribution is -0.116. The molecule has 0 spiro atoms. The number of allylic oxidation sites excluding steroid dienone is 2. The van der Waals surface area contributed by atoms with Crippen molar-refractivity contribution < 1.29 is 4.79 Å². The van der Waals surface area contributed by atoms with Gasteiger partial charge in [0.25, 0.3) is 0 Å². The lowest BCUT2D eigenvalue weighted by Gasteiger charge is -2.21. The normalized spacial score (nSPS) is 16.9. The van der Waals surface area contributed by atoms with Gasteiger partial charge in [-0.1, -0.05) is 0 Å². The van der Waals surface area contributed by atoms with Gasteiger partial charge in [0, 0.05) is 11.4 Å². The molecular formula is C9H14N4O. The Morgan fingerprint density at radius 1 is 1.79 bits per heavy atom. The molecule has 0 saturated heterocycles. The molecule has 2 N–H and O–H groups in total. The first-order valence-electron chi connectivity index (χ1n) is 4.34. The topological polar surface area (TPSA) is 71.1 Å². The highest BCUT2D eigenvalue weighted by atomic mass is 16.1. The van der Waals surface area contributed by atoms with Crippen LogP contribution in [-0.2, 0) is 4.79 Å². The number of hydrogen-bond donors (Lipinski definition) is 1. The second-order valence-electron chi connectivity index (χ2n) is 3.12. The van der Waals surface area contributed by atoms with Crippen molar-refractivity contribution in [2.24, 2.45) is 15.7 Å². The van der Waals surface area contributed by atoms with Crippen LogP contribution in [-0.4, -0.2) is 36.1 Å². The molecule has 14 heavy (non-hydrogen) atoms. The fraction of sp³-hybridized carbons (Fsp3) is 0.444. The molecule has 0 unspecified atom stereocenters. The van der Waals surface area contributed by atoms with E-state index < -0.39 is 5.91 Å². The number of nitrogens with zero attached hydrogens (tertiary/aromatic N) is 3. The van der Waals surface area contributed by atoms with Crippen molar-refractivity contribution in [3.05, 3.63) is 11.8 Å². The third-order valence-electron chi connectivity index (χ3n) is 1.81. The lowest BCUT2D eigenvalue weighted by atomic mass is 10.3. The van der Waals surface area contributed by atoms with Crippen molar-refractivity contribution in [2.75, 3.05) is 13.2 Å². The number of carbonyl (C=O) groups excluding carboxylic acids is 1. The Kier molecular flexibility index (Phi) is 3.39. The van der Waals surface area contributed by atoms with Gasteiger partial charge >= 0.3 is 0 Å². The molecule has 0 fully saturated rings. The summed E-state index contributed by atoms with van der Waals surface area (Å²) in [4.78, 5) is 20.4. The molecule has 0 aromatic heterocycles. The minimum Gasteiger partial charge on any atom is -0.368 e. The Morgan fingerprint density at radius 3 is 3.07 bits per heavy atom. The minimum atomic E-state index is -0.431. The summed E-state index contributed by atoms with van der Waals surface area (Å²) in [5.41, 5.74) is 7.01. The summed E-state index contributed by atoms with van der Waals surface area (Å²) in [7, 11) is 0. The molecule has 1 aliphatic rings. The van der Waals surface area contributed by atoms with E-state index in [4.69, 9.17) is 5.73 Å². The zero-order chi connectivity index (χ0) is 10.6. The van der Waals surface area contributed by atoms with Crippen molar-refractivity contribution >= 4 is 18.0 Å². The average molecular weight is 194 g/mol. The van der Waals surface area contributed by atoms with Gasteiger partial charge < -0.3 is 10.6 Å². The smallest absolute Gasteiger partial charge is 0.239 e. The maximum absolute atomic E-state index is 10.4. The number of rotatable bonds is 3. The first-order chi connectivity index (χ1) is 6.59. The van der Waals surface area contributed by atoms with E-state index in [9.17, 15) is 4.79 Å². The molecule has 0 aromatic rings. The van der Waals surface area contributed by atoms with E-state index in [1.807, 2.05) is 24.8 Å². The standard InChI is InChI=1S/C9H14N4O/c1-7-3-8(2)13(6-12-7)5-11-4-9(10)14/h3,5H,4,6H2,1-2H3,(H2,10,14). The molecule has 0 aliphatic carbocycles. The molecular weight excluding hydrogens is 180 g/mol. The second-order valence-corrected chi connectivity index (χ2v) is 3.12. The van der Waals surface area contributed by atoms with Crippen molar-refractivity contribution in [1.29, 1.82) is 0 Å². The molecule has 5 heteroatoms. The number of primary amides is 1. The van der Waals surface area contributed by atoms with E-state index in [1.54, 1.807) is 6.34 Å². The van der Waals surface area contributed by atoms with Crippen LogP contribution in [0, 0.1) is 0 Å². The van der Waals surface area contributed by atoms with E-state index in [2.05, 4.69) is 9.98 Å². The average Bonchev–Trinajstić information content (AvgIpc) is 2.08. The fourth-order valence-electron chi connectivity index (χ4n) is 1.09. The summed E-state index contributed by atoms with van der Waals surface area (Å²) in [5.74, 6) is -0.431. The highest BCUT2D eigenvalue weighted by molar-refractivity contribution is 5.94. The van der Waals surface area contributed by atoms with Crippen LogP contribution in [0.2, 0.25) is 0 Å². The Labute approximate surface area is 83.0 Å². The van der Waals surface area contributed by atoms with Gasteiger partial charge in [-0.15, -0.1) is 0 Å². The van der Waals surface area contributed by atoms with Crippen LogP contribution in [0.15, 0.2) is 21.8 Å². The van der Waals surface area contributed by atoms with Gasteiger partial charge in [-0.05, 0) is 19.9 Å². The summed E-state index contributed by atoms with van der Waals surface area (Å²) >= 11 is 0. The van der Waals surface area contributed by atoms with Gasteiger partial charge in [0.2, 0.25) is 5.91 Å². The minimum absolute atomic E-state index is 0.0203. The first kappa shape index (κ1) is 10.4. The summed E-state index contributed by atoms with van der Waals surface area (Å²) in [5, 5.41) is 0. The van der Waals surface area contributed by atoms with Crippen LogP contribution in [0.3, 0.4) is 0 Å². The molecule has 1 amide bonds. The van der Waals surface area contributed by atoms with Gasteiger partial charge in [-0.2, -0.15) is 0 Å².